The van der Waals surface area contributed by atoms with Crippen LogP contribution in [0.3, 0.4) is 0 Å². The summed E-state index contributed by atoms with van der Waals surface area (Å²) in [5.41, 5.74) is 0.950. The second kappa shape index (κ2) is 4.77. The standard InChI is InChI=1S/C12H9ClN4O2S/c13-9-3-4-10(8-2-1-6-14-12(8)9)17-20(18,19)11-5-7-15-16-11/h1-7,17H,(H,15,16). The van der Waals surface area contributed by atoms with Crippen molar-refractivity contribution in [1.82, 2.24) is 15.2 Å². The lowest BCUT2D eigenvalue weighted by atomic mass is 10.2. The first-order valence-corrected chi connectivity index (χ1v) is 7.49. The molecule has 3 rings (SSSR count). The molecule has 8 heteroatoms. The van der Waals surface area contributed by atoms with Crippen LogP contribution in [-0.4, -0.2) is 23.6 Å². The van der Waals surface area contributed by atoms with Crippen LogP contribution in [0, 0.1) is 0 Å². The number of sulfonamides is 1. The topological polar surface area (TPSA) is 87.7 Å². The number of hydrogen-bond donors (Lipinski definition) is 2. The monoisotopic (exact) mass is 308 g/mol. The molecule has 0 unspecified atom stereocenters. The van der Waals surface area contributed by atoms with Gasteiger partial charge in [-0.1, -0.05) is 11.6 Å². The molecule has 0 aliphatic rings. The fraction of sp³-hybridized carbons (Fsp3) is 0. The van der Waals surface area contributed by atoms with Gasteiger partial charge >= 0.3 is 0 Å². The zero-order valence-corrected chi connectivity index (χ0v) is 11.6. The molecule has 0 fully saturated rings. The van der Waals surface area contributed by atoms with E-state index < -0.39 is 10.0 Å². The van der Waals surface area contributed by atoms with Crippen LogP contribution in [0.2, 0.25) is 5.02 Å². The number of benzene rings is 1. The van der Waals surface area contributed by atoms with Crippen LogP contribution >= 0.6 is 11.6 Å². The summed E-state index contributed by atoms with van der Waals surface area (Å²) in [4.78, 5) is 4.15. The minimum absolute atomic E-state index is 0.00973. The Morgan fingerprint density at radius 2 is 2.00 bits per heavy atom. The maximum Gasteiger partial charge on any atom is 0.278 e. The van der Waals surface area contributed by atoms with E-state index in [1.165, 1.54) is 12.3 Å². The summed E-state index contributed by atoms with van der Waals surface area (Å²) in [6.45, 7) is 0. The van der Waals surface area contributed by atoms with Crippen LogP contribution in [0.1, 0.15) is 0 Å². The molecule has 0 radical (unpaired) electrons. The van der Waals surface area contributed by atoms with Gasteiger partial charge in [0.25, 0.3) is 10.0 Å². The van der Waals surface area contributed by atoms with Gasteiger partial charge in [0.05, 0.1) is 22.4 Å². The SMILES string of the molecule is O=S(=O)(Nc1ccc(Cl)c2ncccc12)c1ccn[nH]1. The van der Waals surface area contributed by atoms with Crippen LogP contribution in [0.5, 0.6) is 0 Å². The Bertz CT molecular complexity index is 862. The van der Waals surface area contributed by atoms with Crippen molar-refractivity contribution in [3.05, 3.63) is 47.7 Å². The van der Waals surface area contributed by atoms with Gasteiger partial charge in [-0.2, -0.15) is 13.5 Å². The van der Waals surface area contributed by atoms with Crippen LogP contribution in [0.4, 0.5) is 5.69 Å². The van der Waals surface area contributed by atoms with Crippen molar-refractivity contribution in [3.63, 3.8) is 0 Å². The molecule has 0 bridgehead atoms. The summed E-state index contributed by atoms with van der Waals surface area (Å²) in [6, 6.07) is 8.03. The zero-order chi connectivity index (χ0) is 14.2. The first-order valence-electron chi connectivity index (χ1n) is 5.63. The fourth-order valence-electron chi connectivity index (χ4n) is 1.82. The molecule has 0 amide bonds. The minimum atomic E-state index is -3.71. The molecular formula is C12H9ClN4O2S. The highest BCUT2D eigenvalue weighted by Gasteiger charge is 2.17. The number of hydrogen-bond acceptors (Lipinski definition) is 4. The Morgan fingerprint density at radius 1 is 1.15 bits per heavy atom. The molecule has 2 heterocycles. The predicted molar refractivity (Wildman–Crippen MR) is 76.1 cm³/mol. The average Bonchev–Trinajstić information content (AvgIpc) is 2.97. The maximum absolute atomic E-state index is 12.2. The highest BCUT2D eigenvalue weighted by molar-refractivity contribution is 7.92. The first-order chi connectivity index (χ1) is 9.58. The molecule has 3 aromatic rings. The molecule has 0 saturated carbocycles. The molecule has 0 saturated heterocycles. The number of H-pyrrole nitrogens is 1. The minimum Gasteiger partial charge on any atom is -0.278 e. The van der Waals surface area contributed by atoms with Crippen LogP contribution < -0.4 is 4.72 Å². The Labute approximate surface area is 119 Å². The van der Waals surface area contributed by atoms with Gasteiger partial charge in [0.15, 0.2) is 5.03 Å². The molecular weight excluding hydrogens is 300 g/mol. The third-order valence-corrected chi connectivity index (χ3v) is 4.33. The number of anilines is 1. The molecule has 0 aliphatic heterocycles. The lowest BCUT2D eigenvalue weighted by Gasteiger charge is -2.09. The van der Waals surface area contributed by atoms with E-state index in [1.807, 2.05) is 0 Å². The Balaban J connectivity index is 2.11. The van der Waals surface area contributed by atoms with Crippen molar-refractivity contribution >= 4 is 38.2 Å². The normalized spacial score (nSPS) is 11.7. The van der Waals surface area contributed by atoms with Crippen molar-refractivity contribution in [1.29, 1.82) is 0 Å². The molecule has 1 aromatic carbocycles. The van der Waals surface area contributed by atoms with Gasteiger partial charge in [0.1, 0.15) is 0 Å². The molecule has 2 aromatic heterocycles. The second-order valence-corrected chi connectivity index (χ2v) is 6.08. The van der Waals surface area contributed by atoms with Gasteiger partial charge in [-0.3, -0.25) is 14.8 Å². The highest BCUT2D eigenvalue weighted by atomic mass is 35.5. The first kappa shape index (κ1) is 12.9. The van der Waals surface area contributed by atoms with Gasteiger partial charge < -0.3 is 0 Å². The van der Waals surface area contributed by atoms with Crippen molar-refractivity contribution in [2.75, 3.05) is 4.72 Å². The van der Waals surface area contributed by atoms with E-state index in [0.717, 1.165) is 0 Å². The number of pyridine rings is 1. The number of aromatic nitrogens is 3. The van der Waals surface area contributed by atoms with E-state index in [1.54, 1.807) is 30.5 Å². The molecule has 2 N–H and O–H groups in total. The van der Waals surface area contributed by atoms with Gasteiger partial charge in [-0.25, -0.2) is 0 Å². The fourth-order valence-corrected chi connectivity index (χ4v) is 3.02. The lowest BCUT2D eigenvalue weighted by molar-refractivity contribution is 0.597. The number of nitrogens with zero attached hydrogens (tertiary/aromatic N) is 2. The molecule has 20 heavy (non-hydrogen) atoms. The molecule has 102 valence electrons. The van der Waals surface area contributed by atoms with E-state index >= 15 is 0 Å². The summed E-state index contributed by atoms with van der Waals surface area (Å²) in [7, 11) is -3.71. The largest absolute Gasteiger partial charge is 0.278 e. The molecule has 0 atom stereocenters. The molecule has 6 nitrogen and oxygen atoms in total. The van der Waals surface area contributed by atoms with E-state index in [0.29, 0.717) is 21.6 Å². The van der Waals surface area contributed by atoms with E-state index in [4.69, 9.17) is 11.6 Å². The Hall–Kier alpha value is -2.12. The number of nitrogens with one attached hydrogen (secondary N) is 2. The van der Waals surface area contributed by atoms with Gasteiger partial charge in [-0.05, 0) is 30.3 Å². The highest BCUT2D eigenvalue weighted by Crippen LogP contribution is 2.29. The Morgan fingerprint density at radius 3 is 2.75 bits per heavy atom. The summed E-state index contributed by atoms with van der Waals surface area (Å²) >= 11 is 6.04. The molecule has 0 spiro atoms. The smallest absolute Gasteiger partial charge is 0.278 e. The number of halogens is 1. The summed E-state index contributed by atoms with van der Waals surface area (Å²) < 4.78 is 26.8. The maximum atomic E-state index is 12.2. The van der Waals surface area contributed by atoms with Gasteiger partial charge in [0.2, 0.25) is 0 Å². The van der Waals surface area contributed by atoms with Crippen LogP contribution in [0.15, 0.2) is 47.8 Å². The third kappa shape index (κ3) is 2.21. The van der Waals surface area contributed by atoms with Crippen molar-refractivity contribution in [2.45, 2.75) is 5.03 Å². The van der Waals surface area contributed by atoms with Crippen LogP contribution in [0.25, 0.3) is 10.9 Å². The summed E-state index contributed by atoms with van der Waals surface area (Å²) in [6.07, 6.45) is 2.97. The average molecular weight is 309 g/mol. The van der Waals surface area contributed by atoms with Gasteiger partial charge in [-0.15, -0.1) is 0 Å². The predicted octanol–water partition coefficient (Wildman–Crippen LogP) is 2.41. The van der Waals surface area contributed by atoms with Gasteiger partial charge in [0, 0.05) is 11.6 Å². The van der Waals surface area contributed by atoms with E-state index in [-0.39, 0.29) is 5.03 Å². The van der Waals surface area contributed by atoms with Crippen molar-refractivity contribution < 1.29 is 8.42 Å². The molecule has 0 aliphatic carbocycles. The quantitative estimate of drug-likeness (QED) is 0.777. The summed E-state index contributed by atoms with van der Waals surface area (Å²) in [5.74, 6) is 0. The Kier molecular flexibility index (Phi) is 3.07. The van der Waals surface area contributed by atoms with Crippen molar-refractivity contribution in [3.8, 4) is 0 Å². The van der Waals surface area contributed by atoms with Crippen molar-refractivity contribution in [2.24, 2.45) is 0 Å². The van der Waals surface area contributed by atoms with E-state index in [2.05, 4.69) is 19.9 Å². The second-order valence-electron chi connectivity index (χ2n) is 4.02. The van der Waals surface area contributed by atoms with E-state index in [9.17, 15) is 8.42 Å². The van der Waals surface area contributed by atoms with Crippen LogP contribution in [-0.2, 0) is 10.0 Å². The number of aromatic amines is 1. The number of fused-ring (bicyclic) bond motifs is 1. The lowest BCUT2D eigenvalue weighted by Crippen LogP contribution is -2.13. The number of rotatable bonds is 3. The summed E-state index contributed by atoms with van der Waals surface area (Å²) in [5, 5.41) is 7.13. The zero-order valence-electron chi connectivity index (χ0n) is 10.0. The third-order valence-electron chi connectivity index (χ3n) is 2.73.